The van der Waals surface area contributed by atoms with Crippen molar-refractivity contribution in [2.24, 2.45) is 5.92 Å². The second-order valence-corrected chi connectivity index (χ2v) is 7.54. The van der Waals surface area contributed by atoms with Crippen molar-refractivity contribution in [1.82, 2.24) is 0 Å². The van der Waals surface area contributed by atoms with E-state index in [0.717, 1.165) is 6.42 Å². The molecule has 1 unspecified atom stereocenters. The molecule has 0 spiro atoms. The summed E-state index contributed by atoms with van der Waals surface area (Å²) in [6, 6.07) is 21.9. The molecule has 0 nitrogen and oxygen atoms in total. The van der Waals surface area contributed by atoms with Crippen LogP contribution in [-0.2, 0) is 29.8 Å². The third-order valence-electron chi connectivity index (χ3n) is 5.74. The zero-order valence-electron chi connectivity index (χ0n) is 20.3. The summed E-state index contributed by atoms with van der Waals surface area (Å²) in [5, 5.41) is 2.69. The molecule has 1 aliphatic carbocycles. The number of hydrogen-bond donors (Lipinski definition) is 0. The summed E-state index contributed by atoms with van der Waals surface area (Å²) < 4.78 is 0. The van der Waals surface area contributed by atoms with Crippen LogP contribution >= 0.6 is 0 Å². The third kappa shape index (κ3) is 7.33. The Hall–Kier alpha value is -1.37. The van der Waals surface area contributed by atoms with Crippen molar-refractivity contribution in [3.63, 3.8) is 0 Å². The van der Waals surface area contributed by atoms with Crippen molar-refractivity contribution in [3.8, 4) is 11.1 Å². The van der Waals surface area contributed by atoms with Gasteiger partial charge in [-0.15, -0.1) is 53.6 Å². The molecule has 0 heterocycles. The molecule has 0 fully saturated rings. The molecule has 0 bridgehead atoms. The van der Waals surface area contributed by atoms with Gasteiger partial charge in [0.15, 0.2) is 0 Å². The molecule has 3 aromatic rings. The Bertz CT molecular complexity index is 1010. The van der Waals surface area contributed by atoms with Gasteiger partial charge in [0.2, 0.25) is 0 Å². The summed E-state index contributed by atoms with van der Waals surface area (Å²) in [6.45, 7) is 14.0. The van der Waals surface area contributed by atoms with Crippen LogP contribution in [0.4, 0.5) is 0 Å². The predicted octanol–water partition coefficient (Wildman–Crippen LogP) is 8.42. The van der Waals surface area contributed by atoms with Crippen LogP contribution in [0.25, 0.3) is 21.9 Å². The molecule has 2 radical (unpaired) electrons. The van der Waals surface area contributed by atoms with Crippen LogP contribution in [0.1, 0.15) is 46.6 Å². The van der Waals surface area contributed by atoms with Crippen molar-refractivity contribution in [3.05, 3.63) is 104 Å². The SMILES string of the molecule is CC1=[C-]C(C)C(C)=C1C.CCCc1ccccc1-c1c[cH-]c2ccccc12.[CH3-].[CH3-].[Si]=[Zr]. The molecule has 2 heteroatoms. The molecule has 0 N–H and O–H groups in total. The Morgan fingerprint density at radius 1 is 0.935 bits per heavy atom. The molecule has 0 aliphatic heterocycles. The summed E-state index contributed by atoms with van der Waals surface area (Å²) in [6.07, 6.45) is 5.70. The van der Waals surface area contributed by atoms with E-state index in [0.29, 0.717) is 5.92 Å². The Balaban J connectivity index is 0.000000595. The summed E-state index contributed by atoms with van der Waals surface area (Å²) >= 11 is 1.36. The van der Waals surface area contributed by atoms with Gasteiger partial charge in [-0.2, -0.15) is 11.1 Å². The van der Waals surface area contributed by atoms with E-state index in [2.05, 4.69) is 108 Å². The first kappa shape index (κ1) is 29.6. The van der Waals surface area contributed by atoms with Gasteiger partial charge in [0, 0.05) is 0 Å². The van der Waals surface area contributed by atoms with Crippen LogP contribution in [0.15, 0.2) is 77.4 Å². The first-order chi connectivity index (χ1) is 14.0. The second-order valence-electron chi connectivity index (χ2n) is 7.54. The van der Waals surface area contributed by atoms with E-state index in [-0.39, 0.29) is 14.9 Å². The van der Waals surface area contributed by atoms with E-state index >= 15 is 0 Å². The van der Waals surface area contributed by atoms with Gasteiger partial charge in [-0.25, -0.2) is 5.57 Å². The number of hydrogen-bond acceptors (Lipinski definition) is 0. The molecule has 0 aromatic heterocycles. The maximum absolute atomic E-state index is 3.36. The van der Waals surface area contributed by atoms with Gasteiger partial charge >= 0.3 is 30.2 Å². The molecule has 0 saturated carbocycles. The fourth-order valence-corrected chi connectivity index (χ4v) is 3.82. The Kier molecular flexibility index (Phi) is 14.0. The summed E-state index contributed by atoms with van der Waals surface area (Å²) in [5.41, 5.74) is 8.46. The van der Waals surface area contributed by atoms with Gasteiger partial charge in [-0.1, -0.05) is 81.5 Å². The summed E-state index contributed by atoms with van der Waals surface area (Å²) in [7, 11) is 0. The number of benzene rings is 2. The molecule has 164 valence electrons. The normalized spacial score (nSPS) is 14.3. The van der Waals surface area contributed by atoms with E-state index < -0.39 is 0 Å². The predicted molar refractivity (Wildman–Crippen MR) is 138 cm³/mol. The standard InChI is InChI=1S/C18H17.C9H13.2CH3.Si.Zr/c1-2-7-14-8-3-5-10-16(14)18-13-12-15-9-4-6-11-17(15)18;1-6-5-7(2)9(4)8(6)3;;;;/h3-6,8-13H,2,7H2,1H3;6H,1-4H3;2*1H3;;/q4*-1;;. The van der Waals surface area contributed by atoms with Crippen molar-refractivity contribution in [1.29, 1.82) is 0 Å². The first-order valence-electron chi connectivity index (χ1n) is 10.3. The molecule has 1 atom stereocenters. The minimum absolute atomic E-state index is 0. The number of rotatable bonds is 3. The summed E-state index contributed by atoms with van der Waals surface area (Å²) in [5.74, 6) is 0.560. The van der Waals surface area contributed by atoms with Gasteiger partial charge in [-0.05, 0) is 6.42 Å². The van der Waals surface area contributed by atoms with Gasteiger partial charge < -0.3 is 14.9 Å². The topological polar surface area (TPSA) is 0 Å². The van der Waals surface area contributed by atoms with Crippen LogP contribution in [0.3, 0.4) is 0 Å². The van der Waals surface area contributed by atoms with Crippen molar-refractivity contribution in [2.45, 2.75) is 47.5 Å². The van der Waals surface area contributed by atoms with E-state index in [1.807, 2.05) is 0 Å². The van der Waals surface area contributed by atoms with Crippen LogP contribution in [-0.4, -0.2) is 6.88 Å². The quantitative estimate of drug-likeness (QED) is 0.248. The third-order valence-corrected chi connectivity index (χ3v) is 5.74. The van der Waals surface area contributed by atoms with Crippen molar-refractivity contribution < 1.29 is 23.3 Å². The van der Waals surface area contributed by atoms with Crippen LogP contribution in [0.5, 0.6) is 0 Å². The zero-order chi connectivity index (χ0) is 21.4. The van der Waals surface area contributed by atoms with Crippen LogP contribution < -0.4 is 0 Å². The van der Waals surface area contributed by atoms with E-state index in [1.54, 1.807) is 0 Å². The van der Waals surface area contributed by atoms with Gasteiger partial charge in [0.1, 0.15) is 0 Å². The molecule has 0 saturated heterocycles. The van der Waals surface area contributed by atoms with E-state index in [9.17, 15) is 0 Å². The average molecular weight is 504 g/mol. The van der Waals surface area contributed by atoms with Crippen molar-refractivity contribution >= 4 is 17.7 Å². The Labute approximate surface area is 208 Å². The molecule has 3 aromatic carbocycles. The molecular formula is C29H36SiZr-4. The van der Waals surface area contributed by atoms with Crippen LogP contribution in [0, 0.1) is 26.8 Å². The molecule has 0 amide bonds. The molecule has 31 heavy (non-hydrogen) atoms. The Morgan fingerprint density at radius 3 is 2.10 bits per heavy atom. The van der Waals surface area contributed by atoms with E-state index in [1.165, 1.54) is 73.9 Å². The maximum atomic E-state index is 3.36. The van der Waals surface area contributed by atoms with E-state index in [4.69, 9.17) is 0 Å². The second kappa shape index (κ2) is 14.6. The van der Waals surface area contributed by atoms with Gasteiger partial charge in [-0.3, -0.25) is 6.08 Å². The first-order valence-corrected chi connectivity index (χ1v) is 14.5. The molecule has 1 aliphatic rings. The number of allylic oxidation sites excluding steroid dienone is 4. The number of aryl methyl sites for hydroxylation is 1. The minimum atomic E-state index is 0. The van der Waals surface area contributed by atoms with Gasteiger partial charge in [0.05, 0.1) is 0 Å². The summed E-state index contributed by atoms with van der Waals surface area (Å²) in [4.78, 5) is 0. The van der Waals surface area contributed by atoms with Crippen LogP contribution in [0.2, 0.25) is 0 Å². The average Bonchev–Trinajstić information content (AvgIpc) is 3.27. The number of fused-ring (bicyclic) bond motifs is 1. The Morgan fingerprint density at radius 2 is 1.55 bits per heavy atom. The van der Waals surface area contributed by atoms with Crippen molar-refractivity contribution in [2.75, 3.05) is 0 Å². The fourth-order valence-electron chi connectivity index (χ4n) is 3.82. The monoisotopic (exact) mass is 502 g/mol. The zero-order valence-corrected chi connectivity index (χ0v) is 23.7. The van der Waals surface area contributed by atoms with Gasteiger partial charge in [0.25, 0.3) is 0 Å². The molecule has 4 rings (SSSR count). The molecular weight excluding hydrogens is 468 g/mol. The fraction of sp³-hybridized carbons (Fsp3) is 0.276.